The van der Waals surface area contributed by atoms with Crippen LogP contribution >= 0.6 is 11.8 Å². The molecule has 0 spiro atoms. The average Bonchev–Trinajstić information content (AvgIpc) is 3.48. The molecule has 0 fully saturated rings. The van der Waals surface area contributed by atoms with Gasteiger partial charge in [-0.2, -0.15) is 0 Å². The van der Waals surface area contributed by atoms with Crippen molar-refractivity contribution < 1.29 is 9.21 Å². The van der Waals surface area contributed by atoms with Crippen molar-refractivity contribution in [2.24, 2.45) is 0 Å². The quantitative estimate of drug-likeness (QED) is 0.332. The molecule has 2 heterocycles. The minimum absolute atomic E-state index is 0.0932. The lowest BCUT2D eigenvalue weighted by Crippen LogP contribution is -2.14. The van der Waals surface area contributed by atoms with E-state index in [1.165, 1.54) is 17.3 Å². The zero-order valence-electron chi connectivity index (χ0n) is 18.4. The Morgan fingerprint density at radius 1 is 1.09 bits per heavy atom. The number of thioether (sulfide) groups is 1. The number of carbonyl (C=O) groups excluding carboxylic acids is 1. The third-order valence-corrected chi connectivity index (χ3v) is 6.30. The zero-order valence-corrected chi connectivity index (χ0v) is 19.2. The van der Waals surface area contributed by atoms with Crippen LogP contribution in [-0.2, 0) is 4.79 Å². The summed E-state index contributed by atoms with van der Waals surface area (Å²) in [6.07, 6.45) is 2.69. The maximum Gasteiger partial charge on any atom is 0.234 e. The van der Waals surface area contributed by atoms with Crippen molar-refractivity contribution in [3.63, 3.8) is 0 Å². The Labute approximate surface area is 192 Å². The predicted octanol–water partition coefficient (Wildman–Crippen LogP) is 6.08. The first kappa shape index (κ1) is 21.9. The van der Waals surface area contributed by atoms with Crippen molar-refractivity contribution in [3.05, 3.63) is 78.1 Å². The van der Waals surface area contributed by atoms with E-state index >= 15 is 0 Å². The number of carbonyl (C=O) groups is 1. The first-order valence-corrected chi connectivity index (χ1v) is 11.6. The van der Waals surface area contributed by atoms with Gasteiger partial charge >= 0.3 is 0 Å². The van der Waals surface area contributed by atoms with Crippen LogP contribution in [-0.4, -0.2) is 26.4 Å². The van der Waals surface area contributed by atoms with Crippen molar-refractivity contribution in [2.45, 2.75) is 38.3 Å². The van der Waals surface area contributed by atoms with Crippen LogP contribution in [0.4, 0.5) is 5.69 Å². The highest BCUT2D eigenvalue weighted by atomic mass is 32.2. The van der Waals surface area contributed by atoms with E-state index in [0.717, 1.165) is 23.4 Å². The lowest BCUT2D eigenvalue weighted by Gasteiger charge is -2.11. The summed E-state index contributed by atoms with van der Waals surface area (Å²) in [7, 11) is 0. The Bertz CT molecular complexity index is 1170. The molecule has 1 unspecified atom stereocenters. The third kappa shape index (κ3) is 4.94. The standard InChI is InChI=1S/C25H26N4O2S/c1-4-18(3)19-9-11-20(12-10-19)26-23(30)16-32-25-28-27-24(22-6-5-15-31-22)29(25)21-13-7-17(2)8-14-21/h5-15,18H,4,16H2,1-3H3,(H,26,30). The smallest absolute Gasteiger partial charge is 0.234 e. The number of amides is 1. The molecule has 1 atom stereocenters. The molecular weight excluding hydrogens is 420 g/mol. The molecule has 1 N–H and O–H groups in total. The Balaban J connectivity index is 1.49. The molecule has 1 amide bonds. The average molecular weight is 447 g/mol. The fourth-order valence-electron chi connectivity index (χ4n) is 3.31. The van der Waals surface area contributed by atoms with Gasteiger partial charge in [0, 0.05) is 11.4 Å². The normalized spacial score (nSPS) is 12.0. The first-order chi connectivity index (χ1) is 15.5. The molecule has 6 nitrogen and oxygen atoms in total. The summed E-state index contributed by atoms with van der Waals surface area (Å²) in [5.41, 5.74) is 4.14. The van der Waals surface area contributed by atoms with E-state index in [2.05, 4.69) is 41.5 Å². The first-order valence-electron chi connectivity index (χ1n) is 10.6. The molecule has 2 aromatic carbocycles. The fourth-order valence-corrected chi connectivity index (χ4v) is 4.07. The van der Waals surface area contributed by atoms with Crippen LogP contribution < -0.4 is 5.32 Å². The Hall–Kier alpha value is -3.32. The molecule has 0 aliphatic heterocycles. The van der Waals surface area contributed by atoms with Crippen LogP contribution in [0.3, 0.4) is 0 Å². The van der Waals surface area contributed by atoms with Crippen molar-refractivity contribution in [2.75, 3.05) is 11.1 Å². The number of furan rings is 1. The highest BCUT2D eigenvalue weighted by molar-refractivity contribution is 7.99. The van der Waals surface area contributed by atoms with E-state index in [1.54, 1.807) is 6.26 Å². The number of hydrogen-bond donors (Lipinski definition) is 1. The molecule has 2 aromatic heterocycles. The van der Waals surface area contributed by atoms with Crippen LogP contribution in [0, 0.1) is 6.92 Å². The minimum Gasteiger partial charge on any atom is -0.461 e. The summed E-state index contributed by atoms with van der Waals surface area (Å²) in [6.45, 7) is 6.41. The van der Waals surface area contributed by atoms with Gasteiger partial charge in [0.05, 0.1) is 12.0 Å². The summed E-state index contributed by atoms with van der Waals surface area (Å²) in [5.74, 6) is 1.85. The fraction of sp³-hybridized carbons (Fsp3) is 0.240. The van der Waals surface area contributed by atoms with Gasteiger partial charge in [0.1, 0.15) is 0 Å². The molecule has 0 aliphatic rings. The minimum atomic E-state index is -0.0932. The highest BCUT2D eigenvalue weighted by Gasteiger charge is 2.19. The van der Waals surface area contributed by atoms with E-state index in [4.69, 9.17) is 4.42 Å². The topological polar surface area (TPSA) is 73.0 Å². The maximum absolute atomic E-state index is 12.6. The van der Waals surface area contributed by atoms with Crippen LogP contribution in [0.15, 0.2) is 76.5 Å². The molecule has 0 aliphatic carbocycles. The van der Waals surface area contributed by atoms with Gasteiger partial charge in [-0.3, -0.25) is 9.36 Å². The van der Waals surface area contributed by atoms with Crippen LogP contribution in [0.1, 0.15) is 37.3 Å². The monoisotopic (exact) mass is 446 g/mol. The number of rotatable bonds is 8. The number of nitrogens with one attached hydrogen (secondary N) is 1. The number of aromatic nitrogens is 3. The van der Waals surface area contributed by atoms with Gasteiger partial charge in [0.2, 0.25) is 11.7 Å². The largest absolute Gasteiger partial charge is 0.461 e. The van der Waals surface area contributed by atoms with Crippen LogP contribution in [0.2, 0.25) is 0 Å². The summed E-state index contributed by atoms with van der Waals surface area (Å²) in [4.78, 5) is 12.6. The number of hydrogen-bond acceptors (Lipinski definition) is 5. The molecule has 0 radical (unpaired) electrons. The summed E-state index contributed by atoms with van der Waals surface area (Å²) >= 11 is 1.34. The number of nitrogens with zero attached hydrogens (tertiary/aromatic N) is 3. The maximum atomic E-state index is 12.6. The second kappa shape index (κ2) is 9.87. The third-order valence-electron chi connectivity index (χ3n) is 5.38. The van der Waals surface area contributed by atoms with Crippen molar-refractivity contribution in [1.82, 2.24) is 14.8 Å². The van der Waals surface area contributed by atoms with E-state index in [9.17, 15) is 4.79 Å². The predicted molar refractivity (Wildman–Crippen MR) is 128 cm³/mol. The second-order valence-corrected chi connectivity index (χ2v) is 8.67. The second-order valence-electron chi connectivity index (χ2n) is 7.72. The lowest BCUT2D eigenvalue weighted by molar-refractivity contribution is -0.113. The van der Waals surface area contributed by atoms with Crippen molar-refractivity contribution in [3.8, 4) is 17.3 Å². The van der Waals surface area contributed by atoms with Crippen molar-refractivity contribution in [1.29, 1.82) is 0 Å². The summed E-state index contributed by atoms with van der Waals surface area (Å²) < 4.78 is 7.46. The highest BCUT2D eigenvalue weighted by Crippen LogP contribution is 2.28. The summed E-state index contributed by atoms with van der Waals surface area (Å²) in [6, 6.07) is 19.8. The number of benzene rings is 2. The van der Waals surface area contributed by atoms with E-state index in [-0.39, 0.29) is 11.7 Å². The van der Waals surface area contributed by atoms with Gasteiger partial charge in [-0.05, 0) is 61.2 Å². The molecular formula is C25H26N4O2S. The van der Waals surface area contributed by atoms with Gasteiger partial charge in [-0.15, -0.1) is 10.2 Å². The van der Waals surface area contributed by atoms with E-state index in [1.807, 2.05) is 60.0 Å². The van der Waals surface area contributed by atoms with Crippen LogP contribution in [0.25, 0.3) is 17.3 Å². The molecule has 0 bridgehead atoms. The van der Waals surface area contributed by atoms with Gasteiger partial charge in [-0.25, -0.2) is 0 Å². The Kier molecular flexibility index (Phi) is 6.75. The zero-order chi connectivity index (χ0) is 22.5. The summed E-state index contributed by atoms with van der Waals surface area (Å²) in [5, 5.41) is 12.2. The molecule has 4 rings (SSSR count). The SMILES string of the molecule is CCC(C)c1ccc(NC(=O)CSc2nnc(-c3ccco3)n2-c2ccc(C)cc2)cc1. The van der Waals surface area contributed by atoms with Gasteiger partial charge < -0.3 is 9.73 Å². The molecule has 164 valence electrons. The molecule has 32 heavy (non-hydrogen) atoms. The number of aryl methyl sites for hydroxylation is 1. The van der Waals surface area contributed by atoms with E-state index < -0.39 is 0 Å². The molecule has 7 heteroatoms. The van der Waals surface area contributed by atoms with E-state index in [0.29, 0.717) is 22.7 Å². The van der Waals surface area contributed by atoms with Gasteiger partial charge in [-0.1, -0.05) is 55.4 Å². The number of anilines is 1. The van der Waals surface area contributed by atoms with Gasteiger partial charge in [0.25, 0.3) is 0 Å². The molecule has 0 saturated carbocycles. The molecule has 4 aromatic rings. The Morgan fingerprint density at radius 3 is 2.50 bits per heavy atom. The Morgan fingerprint density at radius 2 is 1.84 bits per heavy atom. The van der Waals surface area contributed by atoms with Gasteiger partial charge in [0.15, 0.2) is 10.9 Å². The van der Waals surface area contributed by atoms with Crippen LogP contribution in [0.5, 0.6) is 0 Å². The lowest BCUT2D eigenvalue weighted by atomic mass is 9.99. The molecule has 0 saturated heterocycles. The van der Waals surface area contributed by atoms with Crippen molar-refractivity contribution >= 4 is 23.4 Å².